The summed E-state index contributed by atoms with van der Waals surface area (Å²) in [4.78, 5) is 17.7. The third-order valence-electron chi connectivity index (χ3n) is 7.59. The minimum Gasteiger partial charge on any atom is -0.323 e. The molecule has 4 aliphatic rings. The first kappa shape index (κ1) is 19.9. The van der Waals surface area contributed by atoms with Crippen LogP contribution in [0.5, 0.6) is 0 Å². The molecule has 0 saturated heterocycles. The largest absolute Gasteiger partial charge is 0.323 e. The van der Waals surface area contributed by atoms with E-state index in [9.17, 15) is 9.18 Å². The van der Waals surface area contributed by atoms with Crippen LogP contribution in [0.2, 0.25) is 5.28 Å². The number of aromatic nitrogens is 5. The Morgan fingerprint density at radius 2 is 2.06 bits per heavy atom. The number of benzene rings is 1. The summed E-state index contributed by atoms with van der Waals surface area (Å²) in [6.45, 7) is 0.444. The molecule has 1 aromatic carbocycles. The van der Waals surface area contributed by atoms with E-state index in [1.54, 1.807) is 29.5 Å². The quantitative estimate of drug-likeness (QED) is 0.625. The van der Waals surface area contributed by atoms with Gasteiger partial charge in [0.15, 0.2) is 0 Å². The van der Waals surface area contributed by atoms with Gasteiger partial charge < -0.3 is 5.32 Å². The number of nitrogens with zero attached hydrogens (tertiary/aromatic N) is 5. The zero-order valence-electron chi connectivity index (χ0n) is 17.5. The number of anilines is 1. The van der Waals surface area contributed by atoms with Crippen molar-refractivity contribution in [3.63, 3.8) is 0 Å². The van der Waals surface area contributed by atoms with E-state index >= 15 is 0 Å². The number of amides is 1. The van der Waals surface area contributed by atoms with Crippen LogP contribution >= 0.6 is 11.6 Å². The molecule has 9 heteroatoms. The highest BCUT2D eigenvalue weighted by molar-refractivity contribution is 6.28. The van der Waals surface area contributed by atoms with Crippen molar-refractivity contribution in [2.75, 3.05) is 5.32 Å². The average molecular weight is 455 g/mol. The summed E-state index contributed by atoms with van der Waals surface area (Å²) in [5.74, 6) is 0.821. The number of carbonyl (C=O) groups excluding carboxylic acids is 1. The Labute approximate surface area is 190 Å². The second-order valence-corrected chi connectivity index (χ2v) is 10.3. The van der Waals surface area contributed by atoms with Crippen LogP contribution in [-0.2, 0) is 16.9 Å². The van der Waals surface area contributed by atoms with Crippen LogP contribution in [0.15, 0.2) is 43.0 Å². The van der Waals surface area contributed by atoms with Gasteiger partial charge in [-0.05, 0) is 79.7 Å². The van der Waals surface area contributed by atoms with Gasteiger partial charge in [-0.15, -0.1) is 5.10 Å². The topological polar surface area (TPSA) is 77.6 Å². The Balaban J connectivity index is 1.22. The third-order valence-corrected chi connectivity index (χ3v) is 7.76. The molecule has 2 unspecified atom stereocenters. The highest BCUT2D eigenvalue weighted by Crippen LogP contribution is 2.64. The van der Waals surface area contributed by atoms with Gasteiger partial charge in [-0.3, -0.25) is 9.48 Å². The van der Waals surface area contributed by atoms with Crippen LogP contribution < -0.4 is 5.32 Å². The zero-order chi connectivity index (χ0) is 21.9. The molecule has 3 aromatic rings. The molecule has 4 fully saturated rings. The lowest BCUT2D eigenvalue weighted by Gasteiger charge is -2.60. The number of hydrogen-bond acceptors (Lipinski definition) is 4. The van der Waals surface area contributed by atoms with E-state index < -0.39 is 5.41 Å². The molecule has 0 radical (unpaired) electrons. The van der Waals surface area contributed by atoms with Gasteiger partial charge in [-0.1, -0.05) is 12.1 Å². The molecule has 4 bridgehead atoms. The summed E-state index contributed by atoms with van der Waals surface area (Å²) < 4.78 is 17.1. The first-order chi connectivity index (χ1) is 15.4. The maximum absolute atomic E-state index is 13.6. The lowest BCUT2D eigenvalue weighted by atomic mass is 9.46. The molecule has 4 saturated carbocycles. The van der Waals surface area contributed by atoms with E-state index in [4.69, 9.17) is 11.6 Å². The first-order valence-corrected chi connectivity index (χ1v) is 11.5. The van der Waals surface area contributed by atoms with Crippen molar-refractivity contribution in [3.8, 4) is 0 Å². The summed E-state index contributed by atoms with van der Waals surface area (Å²) in [6, 6.07) is 6.45. The molecule has 1 amide bonds. The molecule has 4 aliphatic carbocycles. The smallest absolute Gasteiger partial charge is 0.242 e. The minimum absolute atomic E-state index is 0.0625. The average Bonchev–Trinajstić information content (AvgIpc) is 3.36. The van der Waals surface area contributed by atoms with Crippen molar-refractivity contribution in [2.24, 2.45) is 17.3 Å². The summed E-state index contributed by atoms with van der Waals surface area (Å²) in [7, 11) is 0. The standard InChI is InChI=1S/C23H24ClFN6O/c24-21-26-14-31(29-21)23-8-16-4-17(9-23)7-22(6-16,13-23)20(32)28-19-10-27-30(12-19)11-15-2-1-3-18(25)5-15/h1-3,5,10,12,14,16-17H,4,6-9,11,13H2,(H,28,32). The number of nitrogens with one attached hydrogen (secondary N) is 1. The summed E-state index contributed by atoms with van der Waals surface area (Å²) in [5, 5.41) is 12.1. The monoisotopic (exact) mass is 454 g/mol. The van der Waals surface area contributed by atoms with Gasteiger partial charge in [0.05, 0.1) is 29.4 Å². The normalized spacial score (nSPS) is 30.6. The predicted molar refractivity (Wildman–Crippen MR) is 116 cm³/mol. The van der Waals surface area contributed by atoms with Gasteiger partial charge in [0.2, 0.25) is 11.2 Å². The Morgan fingerprint density at radius 1 is 1.25 bits per heavy atom. The van der Waals surface area contributed by atoms with Crippen LogP contribution in [0, 0.1) is 23.1 Å². The summed E-state index contributed by atoms with van der Waals surface area (Å²) in [5.41, 5.74) is 0.900. The number of carbonyl (C=O) groups is 1. The van der Waals surface area contributed by atoms with Crippen molar-refractivity contribution in [1.29, 1.82) is 0 Å². The molecule has 32 heavy (non-hydrogen) atoms. The maximum atomic E-state index is 13.6. The van der Waals surface area contributed by atoms with E-state index in [1.165, 1.54) is 18.6 Å². The third kappa shape index (κ3) is 3.32. The van der Waals surface area contributed by atoms with E-state index in [2.05, 4.69) is 20.5 Å². The summed E-state index contributed by atoms with van der Waals surface area (Å²) in [6.07, 6.45) is 11.0. The highest BCUT2D eigenvalue weighted by atomic mass is 35.5. The Morgan fingerprint density at radius 3 is 2.78 bits per heavy atom. The zero-order valence-corrected chi connectivity index (χ0v) is 18.3. The Hall–Kier alpha value is -2.74. The van der Waals surface area contributed by atoms with E-state index in [-0.39, 0.29) is 22.5 Å². The molecule has 7 nitrogen and oxygen atoms in total. The van der Waals surface area contributed by atoms with Crippen molar-refractivity contribution in [1.82, 2.24) is 24.5 Å². The van der Waals surface area contributed by atoms with Crippen molar-refractivity contribution >= 4 is 23.2 Å². The molecule has 1 N–H and O–H groups in total. The SMILES string of the molecule is O=C(Nc1cnn(Cc2cccc(F)c2)c1)C12CC3CC(C1)CC(n1cnc(Cl)n1)(C3)C2. The number of halogens is 2. The fourth-order valence-corrected chi connectivity index (χ4v) is 6.95. The van der Waals surface area contributed by atoms with Gasteiger partial charge >= 0.3 is 0 Å². The second-order valence-electron chi connectivity index (χ2n) is 9.93. The van der Waals surface area contributed by atoms with Crippen LogP contribution in [0.1, 0.15) is 44.1 Å². The molecule has 2 aromatic heterocycles. The van der Waals surface area contributed by atoms with Crippen LogP contribution in [0.25, 0.3) is 0 Å². The lowest BCUT2D eigenvalue weighted by Crippen LogP contribution is -2.60. The highest BCUT2D eigenvalue weighted by Gasteiger charge is 2.61. The van der Waals surface area contributed by atoms with Gasteiger partial charge in [0.1, 0.15) is 12.1 Å². The first-order valence-electron chi connectivity index (χ1n) is 11.1. The number of rotatable bonds is 5. The Bertz CT molecular complexity index is 1170. The molecular weight excluding hydrogens is 431 g/mol. The maximum Gasteiger partial charge on any atom is 0.242 e. The van der Waals surface area contributed by atoms with Crippen molar-refractivity contribution in [3.05, 3.63) is 59.7 Å². The molecule has 0 aliphatic heterocycles. The van der Waals surface area contributed by atoms with Gasteiger partial charge in [-0.25, -0.2) is 14.1 Å². The fraction of sp³-hybridized carbons (Fsp3) is 0.478. The van der Waals surface area contributed by atoms with Crippen molar-refractivity contribution in [2.45, 2.75) is 50.6 Å². The van der Waals surface area contributed by atoms with Gasteiger partial charge in [-0.2, -0.15) is 5.10 Å². The van der Waals surface area contributed by atoms with Crippen LogP contribution in [0.3, 0.4) is 0 Å². The van der Waals surface area contributed by atoms with E-state index in [1.807, 2.05) is 10.7 Å². The fourth-order valence-electron chi connectivity index (χ4n) is 6.82. The molecule has 2 heterocycles. The van der Waals surface area contributed by atoms with E-state index in [0.717, 1.165) is 37.7 Å². The second kappa shape index (κ2) is 7.13. The van der Waals surface area contributed by atoms with Crippen LogP contribution in [-0.4, -0.2) is 30.5 Å². The molecule has 0 spiro atoms. The van der Waals surface area contributed by atoms with Crippen LogP contribution in [0.4, 0.5) is 10.1 Å². The lowest BCUT2D eigenvalue weighted by molar-refractivity contribution is -0.150. The van der Waals surface area contributed by atoms with Gasteiger partial charge in [0.25, 0.3) is 0 Å². The van der Waals surface area contributed by atoms with Gasteiger partial charge in [0, 0.05) is 6.20 Å². The Kier molecular flexibility index (Phi) is 4.44. The minimum atomic E-state index is -0.410. The molecule has 7 rings (SSSR count). The summed E-state index contributed by atoms with van der Waals surface area (Å²) >= 11 is 6.02. The molecule has 2 atom stereocenters. The van der Waals surface area contributed by atoms with Crippen molar-refractivity contribution < 1.29 is 9.18 Å². The molecular formula is C23H24ClFN6O. The molecule has 166 valence electrons. The predicted octanol–water partition coefficient (Wildman–Crippen LogP) is 4.25. The van der Waals surface area contributed by atoms with E-state index in [0.29, 0.717) is 24.1 Å². The number of hydrogen-bond donors (Lipinski definition) is 1.